The average molecular weight is 391 g/mol. The average Bonchev–Trinajstić information content (AvgIpc) is 3.36. The summed E-state index contributed by atoms with van der Waals surface area (Å²) >= 11 is 0. The van der Waals surface area contributed by atoms with Crippen LogP contribution in [0.4, 0.5) is 4.39 Å². The Morgan fingerprint density at radius 3 is 2.79 bits per heavy atom. The molecule has 0 fully saturated rings. The molecule has 1 aliphatic carbocycles. The van der Waals surface area contributed by atoms with E-state index in [-0.39, 0.29) is 24.1 Å². The summed E-state index contributed by atoms with van der Waals surface area (Å²) in [6.07, 6.45) is 4.35. The molecule has 6 nitrogen and oxygen atoms in total. The van der Waals surface area contributed by atoms with Gasteiger partial charge in [-0.15, -0.1) is 0 Å². The Hall–Kier alpha value is -3.32. The fourth-order valence-electron chi connectivity index (χ4n) is 3.96. The molecule has 1 atom stereocenters. The van der Waals surface area contributed by atoms with Crippen LogP contribution in [0.2, 0.25) is 0 Å². The van der Waals surface area contributed by atoms with Crippen LogP contribution in [-0.2, 0) is 17.8 Å². The summed E-state index contributed by atoms with van der Waals surface area (Å²) < 4.78 is 25.9. The number of nitrogens with zero attached hydrogens (tertiary/aromatic N) is 3. The molecule has 29 heavy (non-hydrogen) atoms. The van der Waals surface area contributed by atoms with Crippen LogP contribution in [0.25, 0.3) is 16.8 Å². The van der Waals surface area contributed by atoms with E-state index in [1.807, 2.05) is 12.1 Å². The molecule has 1 aliphatic rings. The molecule has 0 saturated heterocycles. The second kappa shape index (κ2) is 6.93. The summed E-state index contributed by atoms with van der Waals surface area (Å²) in [7, 11) is 1.59. The molecule has 3 aromatic heterocycles. The number of rotatable bonds is 4. The number of aromatic nitrogens is 3. The van der Waals surface area contributed by atoms with E-state index >= 15 is 0 Å². The van der Waals surface area contributed by atoms with Crippen LogP contribution in [0.1, 0.15) is 39.8 Å². The maximum absolute atomic E-state index is 13.4. The molecule has 0 radical (unpaired) electrons. The van der Waals surface area contributed by atoms with Crippen molar-refractivity contribution in [2.45, 2.75) is 25.4 Å². The molecule has 4 aromatic rings. The molecule has 3 heterocycles. The van der Waals surface area contributed by atoms with Gasteiger partial charge in [-0.2, -0.15) is 5.10 Å². The van der Waals surface area contributed by atoms with Crippen molar-refractivity contribution >= 4 is 11.4 Å². The number of ether oxygens (including phenoxy) is 1. The van der Waals surface area contributed by atoms with Gasteiger partial charge in [0.1, 0.15) is 11.6 Å². The predicted octanol–water partition coefficient (Wildman–Crippen LogP) is 4.19. The number of halogens is 1. The fourth-order valence-corrected chi connectivity index (χ4v) is 3.96. The van der Waals surface area contributed by atoms with Crippen LogP contribution in [0, 0.1) is 5.82 Å². The zero-order valence-electron chi connectivity index (χ0n) is 15.8. The quantitative estimate of drug-likeness (QED) is 0.522. The molecule has 0 spiro atoms. The first kappa shape index (κ1) is 17.8. The Kier molecular flexibility index (Phi) is 4.24. The van der Waals surface area contributed by atoms with Crippen molar-refractivity contribution in [3.05, 3.63) is 77.4 Å². The number of hydrogen-bond acceptors (Lipinski definition) is 5. The number of Topliss-reactive ketones (excluding diaryl/α,β-unsaturated/α-hetero) is 1. The molecule has 0 bridgehead atoms. The van der Waals surface area contributed by atoms with Crippen molar-refractivity contribution < 1.29 is 18.3 Å². The molecule has 146 valence electrons. The SMILES string of the molecule is COCc1nn2cc3c(nc2c1-c1ccc(F)cc1)CC(c1ccco1)CC3=O. The second-order valence-corrected chi connectivity index (χ2v) is 7.17. The lowest BCUT2D eigenvalue weighted by Crippen LogP contribution is -2.21. The lowest BCUT2D eigenvalue weighted by molar-refractivity contribution is 0.0958. The van der Waals surface area contributed by atoms with Gasteiger partial charge < -0.3 is 9.15 Å². The zero-order chi connectivity index (χ0) is 20.0. The van der Waals surface area contributed by atoms with E-state index in [1.54, 1.807) is 36.2 Å². The van der Waals surface area contributed by atoms with Crippen LogP contribution < -0.4 is 0 Å². The van der Waals surface area contributed by atoms with Crippen molar-refractivity contribution in [2.24, 2.45) is 0 Å². The largest absolute Gasteiger partial charge is 0.469 e. The third kappa shape index (κ3) is 3.03. The van der Waals surface area contributed by atoms with E-state index in [0.717, 1.165) is 22.6 Å². The highest BCUT2D eigenvalue weighted by Gasteiger charge is 2.30. The van der Waals surface area contributed by atoms with E-state index in [0.29, 0.717) is 29.7 Å². The van der Waals surface area contributed by atoms with Gasteiger partial charge in [-0.3, -0.25) is 4.79 Å². The molecular formula is C22H18FN3O3. The Balaban J connectivity index is 1.67. The third-order valence-electron chi connectivity index (χ3n) is 5.29. The predicted molar refractivity (Wildman–Crippen MR) is 103 cm³/mol. The first-order valence-electron chi connectivity index (χ1n) is 9.36. The maximum atomic E-state index is 13.4. The smallest absolute Gasteiger partial charge is 0.167 e. The summed E-state index contributed by atoms with van der Waals surface area (Å²) in [4.78, 5) is 17.6. The van der Waals surface area contributed by atoms with Gasteiger partial charge in [0.05, 0.1) is 35.4 Å². The Bertz CT molecular complexity index is 1200. The molecule has 1 unspecified atom stereocenters. The van der Waals surface area contributed by atoms with Gasteiger partial charge in [-0.1, -0.05) is 12.1 Å². The maximum Gasteiger partial charge on any atom is 0.167 e. The van der Waals surface area contributed by atoms with E-state index in [1.165, 1.54) is 12.1 Å². The van der Waals surface area contributed by atoms with Crippen LogP contribution in [0.5, 0.6) is 0 Å². The number of carbonyl (C=O) groups is 1. The third-order valence-corrected chi connectivity index (χ3v) is 5.29. The summed E-state index contributed by atoms with van der Waals surface area (Å²) in [5.74, 6) is 0.471. The minimum Gasteiger partial charge on any atom is -0.469 e. The number of ketones is 1. The van der Waals surface area contributed by atoms with Crippen LogP contribution in [-0.4, -0.2) is 27.5 Å². The topological polar surface area (TPSA) is 69.6 Å². The van der Waals surface area contributed by atoms with Crippen molar-refractivity contribution in [3.8, 4) is 11.1 Å². The number of fused-ring (bicyclic) bond motifs is 2. The van der Waals surface area contributed by atoms with E-state index in [4.69, 9.17) is 14.1 Å². The molecule has 0 N–H and O–H groups in total. The van der Waals surface area contributed by atoms with Gasteiger partial charge in [0.2, 0.25) is 0 Å². The van der Waals surface area contributed by atoms with Crippen LogP contribution >= 0.6 is 0 Å². The summed E-state index contributed by atoms with van der Waals surface area (Å²) in [6.45, 7) is 0.281. The first-order valence-corrected chi connectivity index (χ1v) is 9.36. The van der Waals surface area contributed by atoms with Gasteiger partial charge in [-0.25, -0.2) is 13.9 Å². The molecule has 1 aromatic carbocycles. The lowest BCUT2D eigenvalue weighted by Gasteiger charge is -2.21. The normalized spacial score (nSPS) is 16.3. The molecule has 0 aliphatic heterocycles. The number of benzene rings is 1. The minimum atomic E-state index is -0.309. The Morgan fingerprint density at radius 2 is 2.07 bits per heavy atom. The Labute approximate surface area is 165 Å². The number of methoxy groups -OCH3 is 1. The van der Waals surface area contributed by atoms with Gasteiger partial charge in [-0.05, 0) is 29.8 Å². The standard InChI is InChI=1S/C22H18FN3O3/c1-28-12-18-21(13-4-6-15(23)7-5-13)22-24-17-9-14(20-3-2-8-29-20)10-19(27)16(17)11-26(22)25-18/h2-8,11,14H,9-10,12H2,1H3. The molecular weight excluding hydrogens is 373 g/mol. The second-order valence-electron chi connectivity index (χ2n) is 7.17. The fraction of sp³-hybridized carbons (Fsp3) is 0.227. The molecule has 0 saturated carbocycles. The van der Waals surface area contributed by atoms with E-state index in [2.05, 4.69) is 5.10 Å². The summed E-state index contributed by atoms with van der Waals surface area (Å²) in [5, 5.41) is 4.58. The summed E-state index contributed by atoms with van der Waals surface area (Å²) in [5.41, 5.74) is 4.19. The number of carbonyl (C=O) groups excluding carboxylic acids is 1. The molecule has 0 amide bonds. The van der Waals surface area contributed by atoms with Gasteiger partial charge >= 0.3 is 0 Å². The van der Waals surface area contributed by atoms with Crippen molar-refractivity contribution in [2.75, 3.05) is 7.11 Å². The highest BCUT2D eigenvalue weighted by molar-refractivity contribution is 5.99. The van der Waals surface area contributed by atoms with Gasteiger partial charge in [0.25, 0.3) is 0 Å². The monoisotopic (exact) mass is 391 g/mol. The molecule has 7 heteroatoms. The number of hydrogen-bond donors (Lipinski definition) is 0. The lowest BCUT2D eigenvalue weighted by atomic mass is 9.85. The summed E-state index contributed by atoms with van der Waals surface area (Å²) in [6, 6.07) is 9.93. The van der Waals surface area contributed by atoms with Gasteiger partial charge in [0.15, 0.2) is 11.4 Å². The molecule has 5 rings (SSSR count). The van der Waals surface area contributed by atoms with E-state index < -0.39 is 0 Å². The Morgan fingerprint density at radius 1 is 1.24 bits per heavy atom. The highest BCUT2D eigenvalue weighted by atomic mass is 19.1. The minimum absolute atomic E-state index is 0.0224. The van der Waals surface area contributed by atoms with Crippen molar-refractivity contribution in [1.29, 1.82) is 0 Å². The van der Waals surface area contributed by atoms with Gasteiger partial charge in [0, 0.05) is 32.1 Å². The first-order chi connectivity index (χ1) is 14.1. The van der Waals surface area contributed by atoms with E-state index in [9.17, 15) is 9.18 Å². The van der Waals surface area contributed by atoms with Crippen molar-refractivity contribution in [1.82, 2.24) is 14.6 Å². The number of furan rings is 1. The van der Waals surface area contributed by atoms with Crippen molar-refractivity contribution in [3.63, 3.8) is 0 Å². The van der Waals surface area contributed by atoms with Crippen LogP contribution in [0.15, 0.2) is 53.3 Å². The highest BCUT2D eigenvalue weighted by Crippen LogP contribution is 2.34. The zero-order valence-corrected chi connectivity index (χ0v) is 15.8. The van der Waals surface area contributed by atoms with Crippen LogP contribution in [0.3, 0.4) is 0 Å².